The molecule has 0 spiro atoms. The standard InChI is InChI=1S/C16H18BrN3/c17-15-9-16(11-18-10-15)20(13-19-7-4-8-19)12-14-5-2-1-3-6-14/h1-3,5-6,9-11H,4,7-8,12-13H2. The van der Waals surface area contributed by atoms with Crippen molar-refractivity contribution in [2.45, 2.75) is 13.0 Å². The van der Waals surface area contributed by atoms with Gasteiger partial charge in [0.25, 0.3) is 0 Å². The molecule has 0 unspecified atom stereocenters. The molecular weight excluding hydrogens is 314 g/mol. The van der Waals surface area contributed by atoms with E-state index in [0.29, 0.717) is 0 Å². The summed E-state index contributed by atoms with van der Waals surface area (Å²) in [5.41, 5.74) is 2.49. The van der Waals surface area contributed by atoms with Gasteiger partial charge in [0.1, 0.15) is 0 Å². The van der Waals surface area contributed by atoms with Crippen LogP contribution in [0.2, 0.25) is 0 Å². The molecule has 3 rings (SSSR count). The fraction of sp³-hybridized carbons (Fsp3) is 0.312. The zero-order valence-corrected chi connectivity index (χ0v) is 13.0. The Morgan fingerprint density at radius 1 is 1.15 bits per heavy atom. The van der Waals surface area contributed by atoms with Crippen LogP contribution >= 0.6 is 15.9 Å². The first-order valence-electron chi connectivity index (χ1n) is 6.93. The topological polar surface area (TPSA) is 19.4 Å². The molecule has 0 amide bonds. The Morgan fingerprint density at radius 2 is 1.95 bits per heavy atom. The van der Waals surface area contributed by atoms with Gasteiger partial charge in [0, 0.05) is 30.3 Å². The van der Waals surface area contributed by atoms with Crippen LogP contribution in [0.1, 0.15) is 12.0 Å². The highest BCUT2D eigenvalue weighted by molar-refractivity contribution is 9.10. The average Bonchev–Trinajstić information content (AvgIpc) is 2.42. The minimum atomic E-state index is 0.912. The minimum Gasteiger partial charge on any atom is -0.353 e. The largest absolute Gasteiger partial charge is 0.353 e. The number of aromatic nitrogens is 1. The average molecular weight is 332 g/mol. The molecule has 3 nitrogen and oxygen atoms in total. The predicted molar refractivity (Wildman–Crippen MR) is 85.6 cm³/mol. The summed E-state index contributed by atoms with van der Waals surface area (Å²) >= 11 is 3.51. The van der Waals surface area contributed by atoms with Gasteiger partial charge in [-0.05, 0) is 34.0 Å². The summed E-state index contributed by atoms with van der Waals surface area (Å²) in [6.07, 6.45) is 5.08. The number of anilines is 1. The van der Waals surface area contributed by atoms with Crippen LogP contribution in [0.5, 0.6) is 0 Å². The van der Waals surface area contributed by atoms with E-state index in [4.69, 9.17) is 0 Å². The van der Waals surface area contributed by atoms with Gasteiger partial charge in [0.15, 0.2) is 0 Å². The number of likely N-dealkylation sites (tertiary alicyclic amines) is 1. The van der Waals surface area contributed by atoms with Crippen LogP contribution < -0.4 is 4.90 Å². The number of benzene rings is 1. The summed E-state index contributed by atoms with van der Waals surface area (Å²) in [5, 5.41) is 0. The van der Waals surface area contributed by atoms with E-state index in [1.165, 1.54) is 25.1 Å². The highest BCUT2D eigenvalue weighted by Crippen LogP contribution is 2.22. The zero-order chi connectivity index (χ0) is 13.8. The molecule has 1 aliphatic rings. The predicted octanol–water partition coefficient (Wildman–Crippen LogP) is 3.51. The van der Waals surface area contributed by atoms with E-state index >= 15 is 0 Å². The Hall–Kier alpha value is -1.39. The lowest BCUT2D eigenvalue weighted by molar-refractivity contribution is 0.180. The van der Waals surface area contributed by atoms with E-state index in [0.717, 1.165) is 23.4 Å². The van der Waals surface area contributed by atoms with Crippen LogP contribution in [-0.4, -0.2) is 29.6 Å². The zero-order valence-electron chi connectivity index (χ0n) is 11.4. The number of hydrogen-bond acceptors (Lipinski definition) is 3. The fourth-order valence-electron chi connectivity index (χ4n) is 2.36. The van der Waals surface area contributed by atoms with Crippen molar-refractivity contribution in [3.8, 4) is 0 Å². The molecule has 1 aromatic carbocycles. The van der Waals surface area contributed by atoms with Crippen LogP contribution in [-0.2, 0) is 6.54 Å². The molecular formula is C16H18BrN3. The minimum absolute atomic E-state index is 0.912. The molecule has 1 aromatic heterocycles. The Bertz CT molecular complexity index is 555. The third-order valence-electron chi connectivity index (χ3n) is 3.59. The summed E-state index contributed by atoms with van der Waals surface area (Å²) < 4.78 is 1.02. The van der Waals surface area contributed by atoms with Gasteiger partial charge in [-0.1, -0.05) is 30.3 Å². The summed E-state index contributed by atoms with van der Waals surface area (Å²) in [6, 6.07) is 12.7. The molecule has 0 aliphatic carbocycles. The summed E-state index contributed by atoms with van der Waals surface area (Å²) in [5.74, 6) is 0. The molecule has 0 radical (unpaired) electrons. The van der Waals surface area contributed by atoms with Crippen LogP contribution in [0.15, 0.2) is 53.3 Å². The van der Waals surface area contributed by atoms with E-state index < -0.39 is 0 Å². The lowest BCUT2D eigenvalue weighted by atomic mass is 10.2. The molecule has 1 saturated heterocycles. The first-order valence-corrected chi connectivity index (χ1v) is 7.72. The smallest absolute Gasteiger partial charge is 0.0711 e. The van der Waals surface area contributed by atoms with Crippen molar-refractivity contribution >= 4 is 21.6 Å². The fourth-order valence-corrected chi connectivity index (χ4v) is 2.72. The van der Waals surface area contributed by atoms with Gasteiger partial charge in [-0.3, -0.25) is 9.88 Å². The van der Waals surface area contributed by atoms with Crippen LogP contribution in [0.3, 0.4) is 0 Å². The quantitative estimate of drug-likeness (QED) is 0.835. The van der Waals surface area contributed by atoms with Gasteiger partial charge in [-0.15, -0.1) is 0 Å². The van der Waals surface area contributed by atoms with Crippen LogP contribution in [0.4, 0.5) is 5.69 Å². The van der Waals surface area contributed by atoms with Crippen molar-refractivity contribution < 1.29 is 0 Å². The maximum absolute atomic E-state index is 4.29. The van der Waals surface area contributed by atoms with E-state index in [1.54, 1.807) is 0 Å². The first kappa shape index (κ1) is 13.6. The molecule has 0 N–H and O–H groups in total. The molecule has 2 heterocycles. The SMILES string of the molecule is Brc1cncc(N(Cc2ccccc2)CN2CCC2)c1. The van der Waals surface area contributed by atoms with Gasteiger partial charge >= 0.3 is 0 Å². The number of nitrogens with zero attached hydrogens (tertiary/aromatic N) is 3. The van der Waals surface area contributed by atoms with Crippen molar-refractivity contribution in [3.05, 3.63) is 58.8 Å². The van der Waals surface area contributed by atoms with E-state index in [1.807, 2.05) is 12.4 Å². The van der Waals surface area contributed by atoms with Crippen molar-refractivity contribution in [1.29, 1.82) is 0 Å². The molecule has 0 atom stereocenters. The van der Waals surface area contributed by atoms with Crippen molar-refractivity contribution in [3.63, 3.8) is 0 Å². The Balaban J connectivity index is 1.79. The normalized spacial score (nSPS) is 14.8. The molecule has 1 aliphatic heterocycles. The summed E-state index contributed by atoms with van der Waals surface area (Å²) in [6.45, 7) is 4.28. The monoisotopic (exact) mass is 331 g/mol. The molecule has 0 saturated carbocycles. The van der Waals surface area contributed by atoms with Crippen molar-refractivity contribution in [1.82, 2.24) is 9.88 Å². The lowest BCUT2D eigenvalue weighted by Gasteiger charge is -2.37. The van der Waals surface area contributed by atoms with Gasteiger partial charge in [-0.2, -0.15) is 0 Å². The number of halogens is 1. The molecule has 1 fully saturated rings. The van der Waals surface area contributed by atoms with Crippen LogP contribution in [0.25, 0.3) is 0 Å². The Morgan fingerprint density at radius 3 is 2.60 bits per heavy atom. The van der Waals surface area contributed by atoms with E-state index in [2.05, 4.69) is 67.1 Å². The maximum Gasteiger partial charge on any atom is 0.0711 e. The summed E-state index contributed by atoms with van der Waals surface area (Å²) in [4.78, 5) is 9.13. The number of hydrogen-bond donors (Lipinski definition) is 0. The van der Waals surface area contributed by atoms with Gasteiger partial charge in [0.05, 0.1) is 18.6 Å². The third kappa shape index (κ3) is 3.38. The number of pyridine rings is 1. The lowest BCUT2D eigenvalue weighted by Crippen LogP contribution is -2.45. The van der Waals surface area contributed by atoms with E-state index in [9.17, 15) is 0 Å². The molecule has 4 heteroatoms. The van der Waals surface area contributed by atoms with Gasteiger partial charge in [0.2, 0.25) is 0 Å². The van der Waals surface area contributed by atoms with E-state index in [-0.39, 0.29) is 0 Å². The highest BCUT2D eigenvalue weighted by Gasteiger charge is 2.18. The van der Waals surface area contributed by atoms with Crippen molar-refractivity contribution in [2.24, 2.45) is 0 Å². The molecule has 2 aromatic rings. The second-order valence-electron chi connectivity index (χ2n) is 5.16. The Kier molecular flexibility index (Phi) is 4.33. The molecule has 0 bridgehead atoms. The summed E-state index contributed by atoms with van der Waals surface area (Å²) in [7, 11) is 0. The second kappa shape index (κ2) is 6.37. The highest BCUT2D eigenvalue weighted by atomic mass is 79.9. The number of rotatable bonds is 5. The third-order valence-corrected chi connectivity index (χ3v) is 4.02. The van der Waals surface area contributed by atoms with Crippen LogP contribution in [0, 0.1) is 0 Å². The first-order chi connectivity index (χ1) is 9.81. The molecule has 104 valence electrons. The van der Waals surface area contributed by atoms with Gasteiger partial charge < -0.3 is 4.90 Å². The maximum atomic E-state index is 4.29. The van der Waals surface area contributed by atoms with Gasteiger partial charge in [-0.25, -0.2) is 0 Å². The second-order valence-corrected chi connectivity index (χ2v) is 6.07. The van der Waals surface area contributed by atoms with Crippen molar-refractivity contribution in [2.75, 3.05) is 24.7 Å². The molecule has 20 heavy (non-hydrogen) atoms. The Labute approximate surface area is 128 Å².